The van der Waals surface area contributed by atoms with Crippen LogP contribution < -0.4 is 5.56 Å². The zero-order valence-electron chi connectivity index (χ0n) is 11.8. The summed E-state index contributed by atoms with van der Waals surface area (Å²) in [5.74, 6) is -0.135. The van der Waals surface area contributed by atoms with Gasteiger partial charge in [0.1, 0.15) is 12.1 Å². The number of aromatic amines is 1. The first-order valence-corrected chi connectivity index (χ1v) is 7.29. The lowest BCUT2D eigenvalue weighted by Crippen LogP contribution is -2.23. The Labute approximate surface area is 134 Å². The number of H-pyrrole nitrogens is 1. The van der Waals surface area contributed by atoms with Crippen molar-refractivity contribution in [3.05, 3.63) is 80.8 Å². The summed E-state index contributed by atoms with van der Waals surface area (Å²) in [6.07, 6.45) is 7.25. The van der Waals surface area contributed by atoms with Gasteiger partial charge in [-0.05, 0) is 23.3 Å². The molecule has 1 aliphatic carbocycles. The molecular weight excluding hydrogens is 319 g/mol. The number of benzene rings is 1. The van der Waals surface area contributed by atoms with Gasteiger partial charge in [0.15, 0.2) is 0 Å². The second kappa shape index (κ2) is 5.17. The van der Waals surface area contributed by atoms with Gasteiger partial charge in [-0.25, -0.2) is 4.39 Å². The van der Waals surface area contributed by atoms with E-state index in [4.69, 9.17) is 11.6 Å². The van der Waals surface area contributed by atoms with Crippen molar-refractivity contribution in [2.24, 2.45) is 0 Å². The van der Waals surface area contributed by atoms with Crippen LogP contribution in [0.1, 0.15) is 16.8 Å². The Morgan fingerprint density at radius 3 is 2.87 bits per heavy atom. The lowest BCUT2D eigenvalue weighted by molar-refractivity contribution is 0.626. The summed E-state index contributed by atoms with van der Waals surface area (Å²) in [4.78, 5) is 19.8. The molecule has 0 aliphatic heterocycles. The fourth-order valence-corrected chi connectivity index (χ4v) is 2.64. The lowest BCUT2D eigenvalue weighted by atomic mass is 9.97. The summed E-state index contributed by atoms with van der Waals surface area (Å²) in [7, 11) is 0. The third-order valence-electron chi connectivity index (χ3n) is 3.74. The SMILES string of the molecule is O=c1c(Cc2ccc(Cl)c(F)c2)c(C2=CC=C2)[nH]c2ncnn12. The number of halogens is 2. The highest BCUT2D eigenvalue weighted by Crippen LogP contribution is 2.25. The molecule has 1 aliphatic rings. The van der Waals surface area contributed by atoms with Crippen LogP contribution in [0.3, 0.4) is 0 Å². The number of nitrogens with one attached hydrogen (secondary N) is 1. The van der Waals surface area contributed by atoms with E-state index in [9.17, 15) is 9.18 Å². The summed E-state index contributed by atoms with van der Waals surface area (Å²) in [5.41, 5.74) is 2.45. The average molecular weight is 329 g/mol. The van der Waals surface area contributed by atoms with Crippen LogP contribution in [-0.4, -0.2) is 19.6 Å². The van der Waals surface area contributed by atoms with E-state index in [0.29, 0.717) is 22.6 Å². The highest BCUT2D eigenvalue weighted by atomic mass is 35.5. The second-order valence-electron chi connectivity index (χ2n) is 5.19. The summed E-state index contributed by atoms with van der Waals surface area (Å²) in [6, 6.07) is 4.52. The Kier molecular flexibility index (Phi) is 3.12. The van der Waals surface area contributed by atoms with Gasteiger partial charge < -0.3 is 4.98 Å². The van der Waals surface area contributed by atoms with E-state index >= 15 is 0 Å². The topological polar surface area (TPSA) is 63.0 Å². The molecule has 0 amide bonds. The fraction of sp³-hybridized carbons (Fsp3) is 0.0625. The minimum Gasteiger partial charge on any atom is -0.323 e. The van der Waals surface area contributed by atoms with Crippen LogP contribution in [0.4, 0.5) is 4.39 Å². The van der Waals surface area contributed by atoms with Crippen molar-refractivity contribution >= 4 is 23.0 Å². The number of fused-ring (bicyclic) bond motifs is 1. The molecule has 23 heavy (non-hydrogen) atoms. The third-order valence-corrected chi connectivity index (χ3v) is 4.05. The highest BCUT2D eigenvalue weighted by molar-refractivity contribution is 6.30. The van der Waals surface area contributed by atoms with Gasteiger partial charge in [-0.15, -0.1) is 0 Å². The molecule has 3 aromatic rings. The molecule has 2 aromatic heterocycles. The van der Waals surface area contributed by atoms with Crippen LogP contribution in [0.25, 0.3) is 11.4 Å². The molecule has 5 nitrogen and oxygen atoms in total. The largest absolute Gasteiger partial charge is 0.323 e. The van der Waals surface area contributed by atoms with Gasteiger partial charge in [0.05, 0.1) is 10.7 Å². The number of aromatic nitrogens is 4. The number of allylic oxidation sites excluding steroid dienone is 4. The first kappa shape index (κ1) is 13.9. The van der Waals surface area contributed by atoms with Crippen LogP contribution in [0.2, 0.25) is 5.02 Å². The molecule has 0 atom stereocenters. The van der Waals surface area contributed by atoms with E-state index in [1.807, 2.05) is 18.2 Å². The summed E-state index contributed by atoms with van der Waals surface area (Å²) in [6.45, 7) is 0. The maximum atomic E-state index is 13.7. The van der Waals surface area contributed by atoms with Gasteiger partial charge in [0.25, 0.3) is 5.56 Å². The van der Waals surface area contributed by atoms with Crippen LogP contribution in [0.15, 0.2) is 47.5 Å². The monoisotopic (exact) mass is 328 g/mol. The fourth-order valence-electron chi connectivity index (χ4n) is 2.52. The minimum absolute atomic E-state index is 0.0549. The van der Waals surface area contributed by atoms with E-state index in [-0.39, 0.29) is 17.0 Å². The molecule has 0 saturated carbocycles. The predicted octanol–water partition coefficient (Wildman–Crippen LogP) is 2.75. The number of hydrogen-bond acceptors (Lipinski definition) is 3. The molecule has 0 bridgehead atoms. The molecule has 114 valence electrons. The number of nitrogens with zero attached hydrogens (tertiary/aromatic N) is 3. The summed E-state index contributed by atoms with van der Waals surface area (Å²) >= 11 is 5.71. The minimum atomic E-state index is -0.508. The van der Waals surface area contributed by atoms with Crippen LogP contribution in [-0.2, 0) is 6.42 Å². The zero-order chi connectivity index (χ0) is 16.0. The first-order chi connectivity index (χ1) is 11.1. The molecule has 4 rings (SSSR count). The summed E-state index contributed by atoms with van der Waals surface area (Å²) < 4.78 is 14.9. The quantitative estimate of drug-likeness (QED) is 0.804. The van der Waals surface area contributed by atoms with E-state index in [0.717, 1.165) is 5.57 Å². The van der Waals surface area contributed by atoms with Crippen molar-refractivity contribution in [3.8, 4) is 0 Å². The smallest absolute Gasteiger partial charge is 0.279 e. The molecule has 0 saturated heterocycles. The van der Waals surface area contributed by atoms with Crippen LogP contribution in [0, 0.1) is 5.82 Å². The lowest BCUT2D eigenvalue weighted by Gasteiger charge is -2.13. The molecule has 7 heteroatoms. The van der Waals surface area contributed by atoms with Crippen LogP contribution >= 0.6 is 11.6 Å². The van der Waals surface area contributed by atoms with Gasteiger partial charge in [-0.3, -0.25) is 4.79 Å². The standard InChI is InChI=1S/C16H10ClFN4O/c17-12-5-4-9(7-13(12)18)6-11-14(10-2-1-3-10)21-16-19-8-20-22(16)15(11)23/h1-5,7-8H,6H2,(H,19,20,21). The maximum Gasteiger partial charge on any atom is 0.279 e. The van der Waals surface area contributed by atoms with Gasteiger partial charge in [0.2, 0.25) is 5.78 Å². The van der Waals surface area contributed by atoms with Crippen LogP contribution in [0.5, 0.6) is 0 Å². The van der Waals surface area contributed by atoms with Crippen molar-refractivity contribution in [2.75, 3.05) is 0 Å². The van der Waals surface area contributed by atoms with E-state index in [2.05, 4.69) is 15.1 Å². The molecular formula is C16H10ClFN4O. The Bertz CT molecular complexity index is 1050. The highest BCUT2D eigenvalue weighted by Gasteiger charge is 2.17. The van der Waals surface area contributed by atoms with Crippen molar-refractivity contribution in [1.82, 2.24) is 19.6 Å². The van der Waals surface area contributed by atoms with Gasteiger partial charge >= 0.3 is 0 Å². The normalized spacial score (nSPS) is 13.2. The van der Waals surface area contributed by atoms with Crippen molar-refractivity contribution < 1.29 is 4.39 Å². The molecule has 0 unspecified atom stereocenters. The van der Waals surface area contributed by atoms with E-state index in [1.165, 1.54) is 23.0 Å². The molecule has 0 fully saturated rings. The van der Waals surface area contributed by atoms with E-state index in [1.54, 1.807) is 6.07 Å². The summed E-state index contributed by atoms with van der Waals surface area (Å²) in [5, 5.41) is 3.98. The average Bonchev–Trinajstić information content (AvgIpc) is 2.93. The first-order valence-electron chi connectivity index (χ1n) is 6.91. The second-order valence-corrected chi connectivity index (χ2v) is 5.59. The predicted molar refractivity (Wildman–Crippen MR) is 84.9 cm³/mol. The molecule has 1 aromatic carbocycles. The Balaban J connectivity index is 1.88. The Hall–Kier alpha value is -2.73. The zero-order valence-corrected chi connectivity index (χ0v) is 12.5. The Morgan fingerprint density at radius 1 is 1.35 bits per heavy atom. The third kappa shape index (κ3) is 2.27. The number of hydrogen-bond donors (Lipinski definition) is 1. The van der Waals surface area contributed by atoms with Gasteiger partial charge in [0, 0.05) is 12.0 Å². The molecule has 0 radical (unpaired) electrons. The van der Waals surface area contributed by atoms with Gasteiger partial charge in [-0.1, -0.05) is 35.9 Å². The van der Waals surface area contributed by atoms with Crippen molar-refractivity contribution in [3.63, 3.8) is 0 Å². The van der Waals surface area contributed by atoms with E-state index < -0.39 is 5.82 Å². The molecule has 0 spiro atoms. The molecule has 1 N–H and O–H groups in total. The number of rotatable bonds is 3. The van der Waals surface area contributed by atoms with Crippen molar-refractivity contribution in [1.29, 1.82) is 0 Å². The maximum absolute atomic E-state index is 13.7. The molecule has 2 heterocycles. The Morgan fingerprint density at radius 2 is 2.17 bits per heavy atom. The van der Waals surface area contributed by atoms with Gasteiger partial charge in [-0.2, -0.15) is 14.6 Å². The van der Waals surface area contributed by atoms with Crippen molar-refractivity contribution in [2.45, 2.75) is 6.42 Å².